The fourth-order valence-corrected chi connectivity index (χ4v) is 3.95. The topological polar surface area (TPSA) is 40.5 Å². The molecular formula is C17H26O2. The molecule has 1 aromatic rings. The van der Waals surface area contributed by atoms with Gasteiger partial charge in [-0.3, -0.25) is 0 Å². The molecule has 0 spiro atoms. The molecule has 1 atom stereocenters. The normalized spacial score (nSPS) is 24.4. The summed E-state index contributed by atoms with van der Waals surface area (Å²) in [4.78, 5) is 0. The molecule has 0 heterocycles. The zero-order valence-corrected chi connectivity index (χ0v) is 12.9. The quantitative estimate of drug-likeness (QED) is 0.761. The molecule has 2 rings (SSSR count). The van der Waals surface area contributed by atoms with E-state index in [0.717, 1.165) is 12.0 Å². The summed E-state index contributed by atoms with van der Waals surface area (Å²) in [6.45, 7) is 13.5. The van der Waals surface area contributed by atoms with Crippen molar-refractivity contribution in [2.45, 2.75) is 59.7 Å². The Kier molecular flexibility index (Phi) is 3.31. The first kappa shape index (κ1) is 14.5. The van der Waals surface area contributed by atoms with Crippen molar-refractivity contribution >= 4 is 0 Å². The third kappa shape index (κ3) is 2.11. The molecule has 106 valence electrons. The predicted molar refractivity (Wildman–Crippen MR) is 78.0 cm³/mol. The zero-order chi connectivity index (χ0) is 14.6. The monoisotopic (exact) mass is 262 g/mol. The highest BCUT2D eigenvalue weighted by molar-refractivity contribution is 5.48. The molecule has 0 aliphatic heterocycles. The molecule has 1 aliphatic carbocycles. The number of aliphatic hydroxyl groups is 2. The molecule has 0 amide bonds. The molecule has 0 saturated heterocycles. The Labute approximate surface area is 116 Å². The van der Waals surface area contributed by atoms with E-state index in [1.807, 2.05) is 13.0 Å². The Bertz CT molecular complexity index is 498. The van der Waals surface area contributed by atoms with Crippen LogP contribution in [0.1, 0.15) is 63.2 Å². The van der Waals surface area contributed by atoms with E-state index < -0.39 is 6.29 Å². The van der Waals surface area contributed by atoms with E-state index >= 15 is 0 Å². The van der Waals surface area contributed by atoms with Gasteiger partial charge in [-0.1, -0.05) is 46.8 Å². The molecular weight excluding hydrogens is 236 g/mol. The fraction of sp³-hybridized carbons (Fsp3) is 0.647. The second kappa shape index (κ2) is 4.32. The van der Waals surface area contributed by atoms with Crippen LogP contribution in [0.15, 0.2) is 12.1 Å². The maximum atomic E-state index is 9.50. The molecule has 0 saturated carbocycles. The maximum Gasteiger partial charge on any atom is 0.178 e. The van der Waals surface area contributed by atoms with Gasteiger partial charge in [-0.2, -0.15) is 0 Å². The molecule has 2 nitrogen and oxygen atoms in total. The van der Waals surface area contributed by atoms with Gasteiger partial charge in [0.2, 0.25) is 0 Å². The Morgan fingerprint density at radius 2 is 1.74 bits per heavy atom. The lowest BCUT2D eigenvalue weighted by molar-refractivity contribution is -0.0431. The lowest BCUT2D eigenvalue weighted by Crippen LogP contribution is -2.44. The maximum absolute atomic E-state index is 9.50. The first-order chi connectivity index (χ1) is 8.59. The van der Waals surface area contributed by atoms with Crippen molar-refractivity contribution in [1.29, 1.82) is 0 Å². The van der Waals surface area contributed by atoms with Crippen LogP contribution < -0.4 is 0 Å². The van der Waals surface area contributed by atoms with Gasteiger partial charge in [-0.05, 0) is 46.8 Å². The second-order valence-electron chi connectivity index (χ2n) is 7.30. The van der Waals surface area contributed by atoms with Crippen molar-refractivity contribution in [2.24, 2.45) is 11.3 Å². The Morgan fingerprint density at radius 1 is 1.16 bits per heavy atom. The van der Waals surface area contributed by atoms with Gasteiger partial charge in [0.15, 0.2) is 6.29 Å². The largest absolute Gasteiger partial charge is 0.364 e. The minimum Gasteiger partial charge on any atom is -0.364 e. The molecule has 0 fully saturated rings. The molecule has 1 unspecified atom stereocenters. The molecule has 2 heteroatoms. The molecule has 0 bridgehead atoms. The highest BCUT2D eigenvalue weighted by Gasteiger charge is 2.45. The van der Waals surface area contributed by atoms with E-state index in [1.165, 1.54) is 11.1 Å². The SMILES string of the molecule is Cc1c(C(O)O)ccc2c1C(C)(C)C(C)C(C)(C)C2. The third-order valence-corrected chi connectivity index (χ3v) is 5.42. The van der Waals surface area contributed by atoms with Crippen LogP contribution in [-0.4, -0.2) is 10.2 Å². The van der Waals surface area contributed by atoms with Crippen LogP contribution in [0.4, 0.5) is 0 Å². The van der Waals surface area contributed by atoms with E-state index in [9.17, 15) is 10.2 Å². The molecule has 1 aromatic carbocycles. The number of benzene rings is 1. The van der Waals surface area contributed by atoms with Crippen molar-refractivity contribution in [3.63, 3.8) is 0 Å². The van der Waals surface area contributed by atoms with Crippen molar-refractivity contribution in [2.75, 3.05) is 0 Å². The molecule has 0 aromatic heterocycles. The van der Waals surface area contributed by atoms with Crippen LogP contribution in [0.5, 0.6) is 0 Å². The van der Waals surface area contributed by atoms with Gasteiger partial charge in [0.1, 0.15) is 0 Å². The number of rotatable bonds is 1. The summed E-state index contributed by atoms with van der Waals surface area (Å²) >= 11 is 0. The third-order valence-electron chi connectivity index (χ3n) is 5.42. The highest BCUT2D eigenvalue weighted by Crippen LogP contribution is 2.51. The van der Waals surface area contributed by atoms with Crippen LogP contribution >= 0.6 is 0 Å². The van der Waals surface area contributed by atoms with E-state index in [4.69, 9.17) is 0 Å². The Balaban J connectivity index is 2.69. The molecule has 2 N–H and O–H groups in total. The number of fused-ring (bicyclic) bond motifs is 1. The van der Waals surface area contributed by atoms with Crippen molar-refractivity contribution in [1.82, 2.24) is 0 Å². The lowest BCUT2D eigenvalue weighted by atomic mass is 9.55. The first-order valence-corrected chi connectivity index (χ1v) is 7.08. The summed E-state index contributed by atoms with van der Waals surface area (Å²) in [5.74, 6) is 0.539. The van der Waals surface area contributed by atoms with Gasteiger partial charge in [0.25, 0.3) is 0 Å². The van der Waals surface area contributed by atoms with Crippen LogP contribution in [0, 0.1) is 18.3 Å². The van der Waals surface area contributed by atoms with E-state index in [0.29, 0.717) is 11.5 Å². The van der Waals surface area contributed by atoms with Crippen LogP contribution in [0.2, 0.25) is 0 Å². The summed E-state index contributed by atoms with van der Waals surface area (Å²) < 4.78 is 0. The predicted octanol–water partition coefficient (Wildman–Crippen LogP) is 3.47. The first-order valence-electron chi connectivity index (χ1n) is 7.08. The van der Waals surface area contributed by atoms with Gasteiger partial charge in [-0.15, -0.1) is 0 Å². The van der Waals surface area contributed by atoms with Gasteiger partial charge in [0.05, 0.1) is 0 Å². The van der Waals surface area contributed by atoms with E-state index in [1.54, 1.807) is 0 Å². The fourth-order valence-electron chi connectivity index (χ4n) is 3.95. The minimum atomic E-state index is -1.38. The average molecular weight is 262 g/mol. The lowest BCUT2D eigenvalue weighted by Gasteiger charge is -2.49. The standard InChI is InChI=1S/C17H26O2/c1-10-13(15(18)19)8-7-12-9-16(3,4)11(2)17(5,6)14(10)12/h7-8,11,15,18-19H,9H2,1-6H3. The van der Waals surface area contributed by atoms with Gasteiger partial charge in [0, 0.05) is 5.56 Å². The van der Waals surface area contributed by atoms with Crippen molar-refractivity contribution in [3.05, 3.63) is 34.4 Å². The average Bonchev–Trinajstić information content (AvgIpc) is 2.25. The van der Waals surface area contributed by atoms with Crippen LogP contribution in [-0.2, 0) is 11.8 Å². The highest BCUT2D eigenvalue weighted by atomic mass is 16.5. The van der Waals surface area contributed by atoms with Crippen LogP contribution in [0.3, 0.4) is 0 Å². The Morgan fingerprint density at radius 3 is 2.26 bits per heavy atom. The van der Waals surface area contributed by atoms with Crippen molar-refractivity contribution < 1.29 is 10.2 Å². The zero-order valence-electron chi connectivity index (χ0n) is 12.9. The Hall–Kier alpha value is -0.860. The number of hydrogen-bond donors (Lipinski definition) is 2. The summed E-state index contributed by atoms with van der Waals surface area (Å²) in [7, 11) is 0. The minimum absolute atomic E-state index is 0.0477. The summed E-state index contributed by atoms with van der Waals surface area (Å²) in [6, 6.07) is 3.94. The smallest absolute Gasteiger partial charge is 0.178 e. The van der Waals surface area contributed by atoms with Crippen LogP contribution in [0.25, 0.3) is 0 Å². The van der Waals surface area contributed by atoms with Crippen molar-refractivity contribution in [3.8, 4) is 0 Å². The molecule has 1 aliphatic rings. The number of aliphatic hydroxyl groups excluding tert-OH is 1. The summed E-state index contributed by atoms with van der Waals surface area (Å²) in [6.07, 6.45) is -0.332. The summed E-state index contributed by atoms with van der Waals surface area (Å²) in [5.41, 5.74) is 4.66. The van der Waals surface area contributed by atoms with Gasteiger partial charge >= 0.3 is 0 Å². The number of hydrogen-bond acceptors (Lipinski definition) is 2. The van der Waals surface area contributed by atoms with E-state index in [2.05, 4.69) is 40.7 Å². The second-order valence-corrected chi connectivity index (χ2v) is 7.30. The molecule has 0 radical (unpaired) electrons. The van der Waals surface area contributed by atoms with E-state index in [-0.39, 0.29) is 10.8 Å². The van der Waals surface area contributed by atoms with Gasteiger partial charge in [-0.25, -0.2) is 0 Å². The molecule has 19 heavy (non-hydrogen) atoms. The van der Waals surface area contributed by atoms with Gasteiger partial charge < -0.3 is 10.2 Å². The summed E-state index contributed by atoms with van der Waals surface area (Å²) in [5, 5.41) is 19.0.